The highest BCUT2D eigenvalue weighted by molar-refractivity contribution is 6.36. The van der Waals surface area contributed by atoms with Gasteiger partial charge < -0.3 is 5.32 Å². The summed E-state index contributed by atoms with van der Waals surface area (Å²) in [5.74, 6) is -0.617. The molecule has 0 aliphatic rings. The van der Waals surface area contributed by atoms with Gasteiger partial charge in [0, 0.05) is 19.4 Å². The van der Waals surface area contributed by atoms with Crippen LogP contribution >= 0.6 is 0 Å². The zero-order valence-electron chi connectivity index (χ0n) is 8.02. The molecule has 0 radical (unpaired) electrons. The number of carbonyl (C=O) groups excluding carboxylic acids is 2. The van der Waals surface area contributed by atoms with E-state index < -0.39 is 0 Å². The third kappa shape index (κ3) is 4.23. The molecule has 1 unspecified atom stereocenters. The molecule has 0 aromatic rings. The van der Waals surface area contributed by atoms with Gasteiger partial charge in [0.2, 0.25) is 0 Å². The van der Waals surface area contributed by atoms with E-state index in [-0.39, 0.29) is 17.6 Å². The van der Waals surface area contributed by atoms with Crippen LogP contribution < -0.4 is 5.32 Å². The molecular formula is C9H17NO2. The third-order valence-electron chi connectivity index (χ3n) is 1.87. The number of hydrogen-bond donors (Lipinski definition) is 1. The van der Waals surface area contributed by atoms with E-state index in [0.29, 0.717) is 6.42 Å². The van der Waals surface area contributed by atoms with E-state index in [4.69, 9.17) is 0 Å². The minimum atomic E-state index is -0.341. The molecule has 0 aliphatic heterocycles. The van der Waals surface area contributed by atoms with Crippen LogP contribution in [0.25, 0.3) is 0 Å². The van der Waals surface area contributed by atoms with Crippen LogP contribution in [0.4, 0.5) is 0 Å². The first-order valence-corrected chi connectivity index (χ1v) is 4.32. The smallest absolute Gasteiger partial charge is 0.199 e. The molecule has 0 spiro atoms. The lowest BCUT2D eigenvalue weighted by Crippen LogP contribution is -2.29. The lowest BCUT2D eigenvalue weighted by atomic mass is 10.0. The van der Waals surface area contributed by atoms with Crippen molar-refractivity contribution in [1.29, 1.82) is 0 Å². The summed E-state index contributed by atoms with van der Waals surface area (Å²) in [6.07, 6.45) is 2.30. The zero-order valence-corrected chi connectivity index (χ0v) is 8.02. The van der Waals surface area contributed by atoms with Crippen molar-refractivity contribution in [3.63, 3.8) is 0 Å². The average Bonchev–Trinajstić information content (AvgIpc) is 2.03. The van der Waals surface area contributed by atoms with E-state index >= 15 is 0 Å². The molecule has 3 heteroatoms. The van der Waals surface area contributed by atoms with Gasteiger partial charge >= 0.3 is 0 Å². The van der Waals surface area contributed by atoms with Crippen LogP contribution in [0.2, 0.25) is 0 Å². The Kier molecular flexibility index (Phi) is 5.54. The molecule has 0 aliphatic carbocycles. The molecule has 1 atom stereocenters. The van der Waals surface area contributed by atoms with Crippen molar-refractivity contribution in [3.8, 4) is 0 Å². The summed E-state index contributed by atoms with van der Waals surface area (Å²) in [5, 5.41) is 3.02. The van der Waals surface area contributed by atoms with E-state index in [2.05, 4.69) is 12.2 Å². The van der Waals surface area contributed by atoms with Gasteiger partial charge in [-0.1, -0.05) is 13.3 Å². The van der Waals surface area contributed by atoms with E-state index in [1.54, 1.807) is 0 Å². The topological polar surface area (TPSA) is 46.2 Å². The van der Waals surface area contributed by atoms with Crippen molar-refractivity contribution >= 4 is 11.6 Å². The van der Waals surface area contributed by atoms with Crippen LogP contribution in [0.3, 0.4) is 0 Å². The quantitative estimate of drug-likeness (QED) is 0.604. The molecule has 0 heterocycles. The second-order valence-corrected chi connectivity index (χ2v) is 2.96. The van der Waals surface area contributed by atoms with Gasteiger partial charge in [0.25, 0.3) is 0 Å². The monoisotopic (exact) mass is 171 g/mol. The summed E-state index contributed by atoms with van der Waals surface area (Å²) in [7, 11) is 1.81. The zero-order chi connectivity index (χ0) is 9.56. The minimum Gasteiger partial charge on any atom is -0.317 e. The van der Waals surface area contributed by atoms with Crippen molar-refractivity contribution in [3.05, 3.63) is 0 Å². The number of hydrogen-bond acceptors (Lipinski definition) is 3. The standard InChI is InChI=1S/C9H17NO2/c1-4-5-8(10-3)6-9(12)7(2)11/h8,10H,4-6H2,1-3H3. The Labute approximate surface area is 73.5 Å². The van der Waals surface area contributed by atoms with Crippen molar-refractivity contribution < 1.29 is 9.59 Å². The molecular weight excluding hydrogens is 154 g/mol. The van der Waals surface area contributed by atoms with Crippen LogP contribution in [-0.4, -0.2) is 24.7 Å². The minimum absolute atomic E-state index is 0.159. The molecule has 0 saturated heterocycles. The fraction of sp³-hybridized carbons (Fsp3) is 0.778. The Balaban J connectivity index is 3.85. The van der Waals surface area contributed by atoms with Crippen LogP contribution in [-0.2, 0) is 9.59 Å². The molecule has 0 saturated carbocycles. The molecule has 3 nitrogen and oxygen atoms in total. The van der Waals surface area contributed by atoms with Crippen molar-refractivity contribution in [2.45, 2.75) is 39.2 Å². The van der Waals surface area contributed by atoms with Crippen LogP contribution in [0.5, 0.6) is 0 Å². The first-order valence-electron chi connectivity index (χ1n) is 4.32. The maximum Gasteiger partial charge on any atom is 0.199 e. The normalized spacial score (nSPS) is 12.6. The molecule has 0 aromatic heterocycles. The largest absolute Gasteiger partial charge is 0.317 e. The number of nitrogens with one attached hydrogen (secondary N) is 1. The number of carbonyl (C=O) groups is 2. The molecule has 0 aromatic carbocycles. The van der Waals surface area contributed by atoms with Gasteiger partial charge in [-0.05, 0) is 13.5 Å². The SMILES string of the molecule is CCCC(CC(=O)C(C)=O)NC. The van der Waals surface area contributed by atoms with Gasteiger partial charge in [-0.25, -0.2) is 0 Å². The van der Waals surface area contributed by atoms with Crippen LogP contribution in [0.15, 0.2) is 0 Å². The Morgan fingerprint density at radius 1 is 1.42 bits per heavy atom. The maximum atomic E-state index is 11.0. The molecule has 12 heavy (non-hydrogen) atoms. The summed E-state index contributed by atoms with van der Waals surface area (Å²) >= 11 is 0. The van der Waals surface area contributed by atoms with Gasteiger partial charge in [0.1, 0.15) is 0 Å². The van der Waals surface area contributed by atoms with Crippen LogP contribution in [0.1, 0.15) is 33.1 Å². The van der Waals surface area contributed by atoms with Crippen molar-refractivity contribution in [2.24, 2.45) is 0 Å². The summed E-state index contributed by atoms with van der Waals surface area (Å²) in [5.41, 5.74) is 0. The molecule has 0 bridgehead atoms. The van der Waals surface area contributed by atoms with E-state index in [0.717, 1.165) is 12.8 Å². The van der Waals surface area contributed by atoms with Crippen molar-refractivity contribution in [1.82, 2.24) is 5.32 Å². The lowest BCUT2D eigenvalue weighted by Gasteiger charge is -2.12. The number of rotatable bonds is 6. The predicted molar refractivity (Wildman–Crippen MR) is 48.1 cm³/mol. The van der Waals surface area contributed by atoms with Gasteiger partial charge in [-0.3, -0.25) is 9.59 Å². The first-order chi connectivity index (χ1) is 5.61. The number of ketones is 2. The fourth-order valence-electron chi connectivity index (χ4n) is 1.06. The molecule has 0 fully saturated rings. The number of Topliss-reactive ketones (excluding diaryl/α,β-unsaturated/α-hetero) is 2. The second kappa shape index (κ2) is 5.89. The molecule has 70 valence electrons. The van der Waals surface area contributed by atoms with Crippen molar-refractivity contribution in [2.75, 3.05) is 7.05 Å². The Morgan fingerprint density at radius 2 is 2.00 bits per heavy atom. The summed E-state index contributed by atoms with van der Waals surface area (Å²) < 4.78 is 0. The Bertz CT molecular complexity index is 166. The molecule has 1 N–H and O–H groups in total. The summed E-state index contributed by atoms with van der Waals surface area (Å²) in [4.78, 5) is 21.6. The Morgan fingerprint density at radius 3 is 2.33 bits per heavy atom. The molecule has 0 amide bonds. The lowest BCUT2D eigenvalue weighted by molar-refractivity contribution is -0.135. The fourth-order valence-corrected chi connectivity index (χ4v) is 1.06. The predicted octanol–water partition coefficient (Wildman–Crippen LogP) is 0.923. The average molecular weight is 171 g/mol. The third-order valence-corrected chi connectivity index (χ3v) is 1.87. The maximum absolute atomic E-state index is 11.0. The highest BCUT2D eigenvalue weighted by Crippen LogP contribution is 2.01. The van der Waals surface area contributed by atoms with E-state index in [9.17, 15) is 9.59 Å². The van der Waals surface area contributed by atoms with Gasteiger partial charge in [-0.2, -0.15) is 0 Å². The Hall–Kier alpha value is -0.700. The highest BCUT2D eigenvalue weighted by atomic mass is 16.2. The van der Waals surface area contributed by atoms with E-state index in [1.165, 1.54) is 6.92 Å². The van der Waals surface area contributed by atoms with Crippen LogP contribution in [0, 0.1) is 0 Å². The van der Waals surface area contributed by atoms with E-state index in [1.807, 2.05) is 7.05 Å². The second-order valence-electron chi connectivity index (χ2n) is 2.96. The molecule has 0 rings (SSSR count). The summed E-state index contributed by atoms with van der Waals surface area (Å²) in [6.45, 7) is 3.38. The van der Waals surface area contributed by atoms with Gasteiger partial charge in [-0.15, -0.1) is 0 Å². The summed E-state index contributed by atoms with van der Waals surface area (Å²) in [6, 6.07) is 0.159. The first kappa shape index (κ1) is 11.3. The van der Waals surface area contributed by atoms with Gasteiger partial charge in [0.05, 0.1) is 0 Å². The highest BCUT2D eigenvalue weighted by Gasteiger charge is 2.13. The van der Waals surface area contributed by atoms with Gasteiger partial charge in [0.15, 0.2) is 11.6 Å².